The lowest BCUT2D eigenvalue weighted by Crippen LogP contribution is -1.87. The Morgan fingerprint density at radius 1 is 0.452 bits per heavy atom. The highest BCUT2D eigenvalue weighted by molar-refractivity contribution is 8.08. The number of hydrogen-bond donors (Lipinski definition) is 0. The molecule has 0 aromatic heterocycles. The second-order valence-corrected chi connectivity index (χ2v) is 7.22. The van der Waals surface area contributed by atoms with Gasteiger partial charge in [0, 0.05) is 45.1 Å². The number of benzene rings is 4. The van der Waals surface area contributed by atoms with Crippen molar-refractivity contribution in [3.8, 4) is 44.6 Å². The van der Waals surface area contributed by atoms with Crippen molar-refractivity contribution in [3.05, 3.63) is 120 Å². The minimum absolute atomic E-state index is 0.283. The van der Waals surface area contributed by atoms with Crippen LogP contribution in [-0.4, -0.2) is 0 Å². The maximum atomic E-state index is 14.2. The van der Waals surface area contributed by atoms with Gasteiger partial charge in [0.25, 0.3) is 0 Å². The van der Waals surface area contributed by atoms with Gasteiger partial charge in [-0.25, -0.2) is 8.78 Å². The number of halogens is 2. The maximum Gasteiger partial charge on any atom is 0.131 e. The molecule has 0 saturated carbocycles. The zero-order chi connectivity index (χ0) is 21.5. The molecule has 0 N–H and O–H groups in total. The third-order valence-corrected chi connectivity index (χ3v) is 5.06. The molecule has 0 unspecified atom stereocenters. The largest absolute Gasteiger partial charge is 0.206 e. The van der Waals surface area contributed by atoms with Gasteiger partial charge in [-0.05, 0) is 34.8 Å². The zero-order valence-corrected chi connectivity index (χ0v) is 17.2. The van der Waals surface area contributed by atoms with E-state index in [-0.39, 0.29) is 11.6 Å². The fraction of sp³-hybridized carbons (Fsp3) is 0. The highest BCUT2D eigenvalue weighted by Gasteiger charge is 2.08. The molecular weight excluding hydrogens is 406 g/mol. The van der Waals surface area contributed by atoms with E-state index in [4.69, 9.17) is 0 Å². The minimum atomic E-state index is -0.283. The first kappa shape index (κ1) is 20.5. The van der Waals surface area contributed by atoms with Gasteiger partial charge in [0.05, 0.1) is 0 Å². The van der Waals surface area contributed by atoms with E-state index in [1.165, 1.54) is 12.1 Å². The molecule has 148 valence electrons. The summed E-state index contributed by atoms with van der Waals surface area (Å²) in [5.74, 6) is 5.56. The van der Waals surface area contributed by atoms with E-state index in [0.717, 1.165) is 34.0 Å². The summed E-state index contributed by atoms with van der Waals surface area (Å²) < 4.78 is 28.4. The molecular formula is C28H16F2S. The van der Waals surface area contributed by atoms with Crippen LogP contribution >= 0.6 is 11.8 Å². The van der Waals surface area contributed by atoms with Gasteiger partial charge in [0.2, 0.25) is 0 Å². The maximum absolute atomic E-state index is 14.2. The molecule has 3 heteroatoms. The Bertz CT molecular complexity index is 1250. The van der Waals surface area contributed by atoms with Crippen molar-refractivity contribution in [2.45, 2.75) is 0 Å². The molecule has 0 heterocycles. The highest BCUT2D eigenvalue weighted by atomic mass is 32.2. The molecule has 0 radical (unpaired) electrons. The molecule has 31 heavy (non-hydrogen) atoms. The standard InChI is InChI=1S/C28H16F2S/c29-27-15-7-5-13-25(27)23-11-3-1-9-21(23)17-19-31-20-18-22-10-2-4-12-24(22)26-14-6-8-16-28(26)30/h1-16H. The summed E-state index contributed by atoms with van der Waals surface area (Å²) in [5.41, 5.74) is 3.98. The van der Waals surface area contributed by atoms with Crippen molar-refractivity contribution >= 4 is 11.8 Å². The van der Waals surface area contributed by atoms with Crippen LogP contribution in [0.2, 0.25) is 0 Å². The Balaban J connectivity index is 1.57. The van der Waals surface area contributed by atoms with Gasteiger partial charge >= 0.3 is 0 Å². The van der Waals surface area contributed by atoms with E-state index in [1.54, 1.807) is 36.4 Å². The first-order chi connectivity index (χ1) is 15.2. The van der Waals surface area contributed by atoms with E-state index >= 15 is 0 Å². The predicted octanol–water partition coefficient (Wildman–Crippen LogP) is 7.35. The molecule has 0 nitrogen and oxygen atoms in total. The van der Waals surface area contributed by atoms with Gasteiger partial charge in [0.1, 0.15) is 11.6 Å². The summed E-state index contributed by atoms with van der Waals surface area (Å²) >= 11 is 1.15. The first-order valence-electron chi connectivity index (χ1n) is 9.60. The van der Waals surface area contributed by atoms with E-state index in [9.17, 15) is 8.78 Å². The van der Waals surface area contributed by atoms with Gasteiger partial charge in [0.15, 0.2) is 0 Å². The molecule has 0 saturated heterocycles. The number of rotatable bonds is 2. The SMILES string of the molecule is Fc1ccccc1-c1ccccc1C#CSC#Cc1ccccc1-c1ccccc1F. The molecule has 0 bridgehead atoms. The Hall–Kier alpha value is -3.79. The van der Waals surface area contributed by atoms with Crippen LogP contribution < -0.4 is 0 Å². The van der Waals surface area contributed by atoms with E-state index in [1.807, 2.05) is 48.5 Å². The summed E-state index contributed by atoms with van der Waals surface area (Å²) in [6, 6.07) is 28.2. The molecule has 0 amide bonds. The molecule has 0 aliphatic heterocycles. The van der Waals surface area contributed by atoms with Crippen LogP contribution in [-0.2, 0) is 0 Å². The summed E-state index contributed by atoms with van der Waals surface area (Å²) in [7, 11) is 0. The van der Waals surface area contributed by atoms with Crippen LogP contribution in [0, 0.1) is 34.0 Å². The highest BCUT2D eigenvalue weighted by Crippen LogP contribution is 2.27. The topological polar surface area (TPSA) is 0 Å². The van der Waals surface area contributed by atoms with E-state index in [0.29, 0.717) is 11.1 Å². The van der Waals surface area contributed by atoms with Crippen LogP contribution in [0.4, 0.5) is 8.78 Å². The molecule has 0 aliphatic carbocycles. The van der Waals surface area contributed by atoms with Crippen molar-refractivity contribution < 1.29 is 8.78 Å². The average Bonchev–Trinajstić information content (AvgIpc) is 2.80. The molecule has 0 fully saturated rings. The van der Waals surface area contributed by atoms with Gasteiger partial charge in [-0.1, -0.05) is 84.6 Å². The Labute approximate surface area is 185 Å². The summed E-state index contributed by atoms with van der Waals surface area (Å²) in [4.78, 5) is 0. The van der Waals surface area contributed by atoms with Crippen molar-refractivity contribution in [1.82, 2.24) is 0 Å². The normalized spacial score (nSPS) is 9.87. The molecule has 0 atom stereocenters. The summed E-state index contributed by atoms with van der Waals surface area (Å²) in [5, 5.41) is 5.94. The number of thioether (sulfide) groups is 1. The van der Waals surface area contributed by atoms with Crippen LogP contribution in [0.5, 0.6) is 0 Å². The minimum Gasteiger partial charge on any atom is -0.206 e. The van der Waals surface area contributed by atoms with Crippen LogP contribution in [0.1, 0.15) is 11.1 Å². The average molecular weight is 422 g/mol. The fourth-order valence-electron chi connectivity index (χ4n) is 3.20. The first-order valence-corrected chi connectivity index (χ1v) is 10.4. The second kappa shape index (κ2) is 9.81. The van der Waals surface area contributed by atoms with Crippen LogP contribution in [0.3, 0.4) is 0 Å². The summed E-state index contributed by atoms with van der Waals surface area (Å²) in [6.07, 6.45) is 0. The van der Waals surface area contributed by atoms with E-state index < -0.39 is 0 Å². The Kier molecular flexibility index (Phi) is 6.48. The van der Waals surface area contributed by atoms with Crippen molar-refractivity contribution in [3.63, 3.8) is 0 Å². The van der Waals surface area contributed by atoms with Gasteiger partial charge < -0.3 is 0 Å². The fourth-order valence-corrected chi connectivity index (χ4v) is 3.57. The van der Waals surface area contributed by atoms with Gasteiger partial charge in [-0.3, -0.25) is 0 Å². The van der Waals surface area contributed by atoms with Gasteiger partial charge in [-0.2, -0.15) is 0 Å². The molecule has 4 aromatic carbocycles. The Morgan fingerprint density at radius 2 is 0.806 bits per heavy atom. The molecule has 4 aromatic rings. The van der Waals surface area contributed by atoms with Crippen LogP contribution in [0.25, 0.3) is 22.3 Å². The Morgan fingerprint density at radius 3 is 1.23 bits per heavy atom. The third-order valence-electron chi connectivity index (χ3n) is 4.66. The predicted molar refractivity (Wildman–Crippen MR) is 125 cm³/mol. The second-order valence-electron chi connectivity index (χ2n) is 6.61. The molecule has 4 rings (SSSR count). The van der Waals surface area contributed by atoms with Crippen molar-refractivity contribution in [2.75, 3.05) is 0 Å². The zero-order valence-electron chi connectivity index (χ0n) is 16.4. The quantitative estimate of drug-likeness (QED) is 0.304. The summed E-state index contributed by atoms with van der Waals surface area (Å²) in [6.45, 7) is 0. The molecule has 0 aliphatic rings. The lowest BCUT2D eigenvalue weighted by Gasteiger charge is -2.05. The lowest BCUT2D eigenvalue weighted by molar-refractivity contribution is 0.631. The molecule has 0 spiro atoms. The van der Waals surface area contributed by atoms with Crippen LogP contribution in [0.15, 0.2) is 97.1 Å². The van der Waals surface area contributed by atoms with E-state index in [2.05, 4.69) is 22.3 Å². The number of hydrogen-bond acceptors (Lipinski definition) is 1. The van der Waals surface area contributed by atoms with Crippen molar-refractivity contribution in [1.29, 1.82) is 0 Å². The monoisotopic (exact) mass is 422 g/mol. The lowest BCUT2D eigenvalue weighted by atomic mass is 10.00. The third kappa shape index (κ3) is 4.86. The van der Waals surface area contributed by atoms with Gasteiger partial charge in [-0.15, -0.1) is 0 Å². The smallest absolute Gasteiger partial charge is 0.131 e. The van der Waals surface area contributed by atoms with Crippen molar-refractivity contribution in [2.24, 2.45) is 0 Å².